The molecule has 1 fully saturated rings. The van der Waals surface area contributed by atoms with Crippen molar-refractivity contribution in [3.05, 3.63) is 54.1 Å². The maximum Gasteiger partial charge on any atom is 0.312 e. The van der Waals surface area contributed by atoms with Gasteiger partial charge < -0.3 is 25.4 Å². The van der Waals surface area contributed by atoms with Crippen LogP contribution in [0.5, 0.6) is 5.75 Å². The predicted octanol–water partition coefficient (Wildman–Crippen LogP) is 1.80. The Labute approximate surface area is 192 Å². The molecule has 9 heteroatoms. The molecule has 4 N–H and O–H groups in total. The van der Waals surface area contributed by atoms with Gasteiger partial charge in [-0.1, -0.05) is 36.4 Å². The zero-order valence-corrected chi connectivity index (χ0v) is 18.7. The van der Waals surface area contributed by atoms with Crippen molar-refractivity contribution < 1.29 is 24.2 Å². The fourth-order valence-electron chi connectivity index (χ4n) is 3.91. The number of carbonyl (C=O) groups excluding carboxylic acids is 2. The molecular weight excluding hydrogens is 424 g/mol. The van der Waals surface area contributed by atoms with Gasteiger partial charge in [0, 0.05) is 32.6 Å². The highest BCUT2D eigenvalue weighted by Gasteiger charge is 2.39. The number of rotatable bonds is 7. The number of benzene rings is 2. The monoisotopic (exact) mass is 452 g/mol. The van der Waals surface area contributed by atoms with Crippen molar-refractivity contribution in [2.45, 2.75) is 18.9 Å². The van der Waals surface area contributed by atoms with Crippen molar-refractivity contribution in [1.29, 1.82) is 5.41 Å². The lowest BCUT2D eigenvalue weighted by atomic mass is 10.0. The molecule has 0 saturated carbocycles. The van der Waals surface area contributed by atoms with E-state index in [4.69, 9.17) is 21.0 Å². The van der Waals surface area contributed by atoms with Crippen LogP contribution in [0.15, 0.2) is 48.5 Å². The molecule has 1 aliphatic rings. The molecule has 2 amide bonds. The second-order valence-corrected chi connectivity index (χ2v) is 8.34. The number of aliphatic carboxylic acids is 1. The highest BCUT2D eigenvalue weighted by Crippen LogP contribution is 2.28. The van der Waals surface area contributed by atoms with E-state index in [1.807, 2.05) is 36.4 Å². The number of nitrogens with zero attached hydrogens (tertiary/aromatic N) is 2. The highest BCUT2D eigenvalue weighted by atomic mass is 16.5. The average Bonchev–Trinajstić information content (AvgIpc) is 3.18. The van der Waals surface area contributed by atoms with Crippen LogP contribution in [0.3, 0.4) is 0 Å². The van der Waals surface area contributed by atoms with Gasteiger partial charge in [0.25, 0.3) is 0 Å². The van der Waals surface area contributed by atoms with Crippen LogP contribution in [0.1, 0.15) is 18.4 Å². The summed E-state index contributed by atoms with van der Waals surface area (Å²) in [4.78, 5) is 38.6. The number of amidine groups is 1. The summed E-state index contributed by atoms with van der Waals surface area (Å²) < 4.78 is 5.89. The zero-order chi connectivity index (χ0) is 24.1. The Balaban J connectivity index is 1.67. The molecule has 0 bridgehead atoms. The molecule has 0 unspecified atom stereocenters. The molecule has 1 saturated heterocycles. The number of hydrogen-bond donors (Lipinski definition) is 3. The second kappa shape index (κ2) is 10.2. The lowest BCUT2D eigenvalue weighted by molar-refractivity contribution is -0.151. The molecule has 2 atom stereocenters. The van der Waals surface area contributed by atoms with E-state index in [0.29, 0.717) is 17.7 Å². The minimum absolute atomic E-state index is 0.0163. The van der Waals surface area contributed by atoms with Crippen LogP contribution in [0.25, 0.3) is 11.1 Å². The number of nitrogens with one attached hydrogen (secondary N) is 1. The predicted molar refractivity (Wildman–Crippen MR) is 123 cm³/mol. The number of likely N-dealkylation sites (tertiary alicyclic amines) is 1. The maximum absolute atomic E-state index is 12.6. The summed E-state index contributed by atoms with van der Waals surface area (Å²) in [5.41, 5.74) is 8.08. The van der Waals surface area contributed by atoms with Crippen molar-refractivity contribution in [3.8, 4) is 16.9 Å². The molecule has 0 aromatic heterocycles. The number of amides is 2. The number of nitrogen functional groups attached to an aromatic ring is 1. The topological polar surface area (TPSA) is 137 Å². The minimum Gasteiger partial charge on any atom is -0.491 e. The van der Waals surface area contributed by atoms with Gasteiger partial charge in [0.15, 0.2) is 0 Å². The van der Waals surface area contributed by atoms with E-state index in [1.54, 1.807) is 12.1 Å². The van der Waals surface area contributed by atoms with E-state index in [2.05, 4.69) is 0 Å². The van der Waals surface area contributed by atoms with Gasteiger partial charge in [0.05, 0.1) is 6.04 Å². The number of likely N-dealkylation sites (N-methyl/N-ethyl adjacent to an activating group) is 1. The quantitative estimate of drug-likeness (QED) is 0.333. The van der Waals surface area contributed by atoms with Crippen molar-refractivity contribution in [2.75, 3.05) is 27.2 Å². The van der Waals surface area contributed by atoms with Crippen molar-refractivity contribution >= 4 is 23.6 Å². The number of hydrogen-bond acceptors (Lipinski definition) is 5. The van der Waals surface area contributed by atoms with Crippen LogP contribution in [0.4, 0.5) is 0 Å². The lowest BCUT2D eigenvalue weighted by Crippen LogP contribution is -2.46. The number of ether oxygens (including phenoxy) is 1. The SMILES string of the molecule is CN(C)C(=O)C(=O)N1C[C@H](CC(=O)O)C[C@H]1COc1ccc(-c2ccc(C(=N)N)cc2)cc1. The van der Waals surface area contributed by atoms with Crippen LogP contribution in [0, 0.1) is 11.3 Å². The summed E-state index contributed by atoms with van der Waals surface area (Å²) in [6.07, 6.45) is 0.396. The molecule has 0 aliphatic carbocycles. The van der Waals surface area contributed by atoms with Gasteiger partial charge in [-0.15, -0.1) is 0 Å². The largest absolute Gasteiger partial charge is 0.491 e. The molecule has 2 aromatic rings. The number of nitrogens with two attached hydrogens (primary N) is 1. The Bertz CT molecular complexity index is 1030. The fraction of sp³-hybridized carbons (Fsp3) is 0.333. The molecule has 3 rings (SSSR count). The summed E-state index contributed by atoms with van der Waals surface area (Å²) in [6, 6.07) is 14.4. The lowest BCUT2D eigenvalue weighted by Gasteiger charge is -2.25. The Hall–Kier alpha value is -3.88. The summed E-state index contributed by atoms with van der Waals surface area (Å²) >= 11 is 0. The van der Waals surface area contributed by atoms with Gasteiger partial charge in [0.2, 0.25) is 0 Å². The zero-order valence-electron chi connectivity index (χ0n) is 18.7. The summed E-state index contributed by atoms with van der Waals surface area (Å²) in [7, 11) is 3.01. The smallest absolute Gasteiger partial charge is 0.312 e. The van der Waals surface area contributed by atoms with Crippen molar-refractivity contribution in [3.63, 3.8) is 0 Å². The van der Waals surface area contributed by atoms with Crippen LogP contribution < -0.4 is 10.5 Å². The fourth-order valence-corrected chi connectivity index (χ4v) is 3.91. The van der Waals surface area contributed by atoms with Gasteiger partial charge in [-0.3, -0.25) is 19.8 Å². The Kier molecular flexibility index (Phi) is 7.32. The number of carbonyl (C=O) groups is 3. The van der Waals surface area contributed by atoms with E-state index >= 15 is 0 Å². The third-order valence-electron chi connectivity index (χ3n) is 5.64. The van der Waals surface area contributed by atoms with E-state index in [9.17, 15) is 14.4 Å². The van der Waals surface area contributed by atoms with E-state index < -0.39 is 17.8 Å². The molecule has 33 heavy (non-hydrogen) atoms. The van der Waals surface area contributed by atoms with Gasteiger partial charge in [-0.2, -0.15) is 0 Å². The van der Waals surface area contributed by atoms with Gasteiger partial charge >= 0.3 is 17.8 Å². The van der Waals surface area contributed by atoms with Crippen LogP contribution >= 0.6 is 0 Å². The van der Waals surface area contributed by atoms with E-state index in [0.717, 1.165) is 11.1 Å². The first kappa shape index (κ1) is 23.8. The molecule has 2 aromatic carbocycles. The van der Waals surface area contributed by atoms with Crippen LogP contribution in [-0.4, -0.2) is 71.8 Å². The first-order valence-corrected chi connectivity index (χ1v) is 10.6. The van der Waals surface area contributed by atoms with Crippen LogP contribution in [-0.2, 0) is 14.4 Å². The molecule has 0 radical (unpaired) electrons. The third kappa shape index (κ3) is 5.88. The van der Waals surface area contributed by atoms with Gasteiger partial charge in [-0.05, 0) is 35.6 Å². The number of carboxylic acids is 1. The van der Waals surface area contributed by atoms with Crippen LogP contribution in [0.2, 0.25) is 0 Å². The third-order valence-corrected chi connectivity index (χ3v) is 5.64. The van der Waals surface area contributed by atoms with Gasteiger partial charge in [-0.25, -0.2) is 0 Å². The van der Waals surface area contributed by atoms with E-state index in [1.165, 1.54) is 23.9 Å². The first-order chi connectivity index (χ1) is 15.7. The molecule has 174 valence electrons. The van der Waals surface area contributed by atoms with Crippen molar-refractivity contribution in [1.82, 2.24) is 9.80 Å². The molecule has 9 nitrogen and oxygen atoms in total. The highest BCUT2D eigenvalue weighted by molar-refractivity contribution is 6.34. The standard InChI is InChI=1S/C24H28N4O5/c1-27(2)23(31)24(32)28-13-15(12-21(29)30)11-19(28)14-33-20-9-7-17(8-10-20)16-3-5-18(6-4-16)22(25)26/h3-10,15,19H,11-14H2,1-2H3,(H3,25,26)(H,29,30)/t15-,19-/m0/s1. The summed E-state index contributed by atoms with van der Waals surface area (Å²) in [5.74, 6) is -1.83. The normalized spacial score (nSPS) is 17.5. The minimum atomic E-state index is -0.931. The van der Waals surface area contributed by atoms with Gasteiger partial charge in [0.1, 0.15) is 18.2 Å². The molecule has 1 heterocycles. The first-order valence-electron chi connectivity index (χ1n) is 10.6. The summed E-state index contributed by atoms with van der Waals surface area (Å²) in [5, 5.41) is 16.6. The molecule has 0 spiro atoms. The molecule has 1 aliphatic heterocycles. The Morgan fingerprint density at radius 1 is 1.09 bits per heavy atom. The molecular formula is C24H28N4O5. The van der Waals surface area contributed by atoms with Crippen molar-refractivity contribution in [2.24, 2.45) is 11.7 Å². The van der Waals surface area contributed by atoms with E-state index in [-0.39, 0.29) is 37.4 Å². The second-order valence-electron chi connectivity index (χ2n) is 8.34. The Morgan fingerprint density at radius 2 is 1.67 bits per heavy atom. The Morgan fingerprint density at radius 3 is 2.18 bits per heavy atom. The number of carboxylic acid groups (broad SMARTS) is 1. The maximum atomic E-state index is 12.6. The summed E-state index contributed by atoms with van der Waals surface area (Å²) in [6.45, 7) is 0.378. The average molecular weight is 453 g/mol.